The Labute approximate surface area is 114 Å². The van der Waals surface area contributed by atoms with Crippen molar-refractivity contribution >= 4 is 11.6 Å². The van der Waals surface area contributed by atoms with Gasteiger partial charge in [0.05, 0.1) is 0 Å². The summed E-state index contributed by atoms with van der Waals surface area (Å²) in [6.45, 7) is 5.20. The molecule has 0 aliphatic carbocycles. The van der Waals surface area contributed by atoms with Gasteiger partial charge in [-0.1, -0.05) is 48.0 Å². The second-order valence-corrected chi connectivity index (χ2v) is 5.02. The smallest absolute Gasteiger partial charge is 0.0406 e. The Morgan fingerprint density at radius 2 is 1.72 bits per heavy atom. The summed E-state index contributed by atoms with van der Waals surface area (Å²) in [5, 5.41) is 4.32. The zero-order valence-electron chi connectivity index (χ0n) is 10.8. The molecule has 1 N–H and O–H groups in total. The van der Waals surface area contributed by atoms with Gasteiger partial charge in [0.2, 0.25) is 0 Å². The lowest BCUT2D eigenvalue weighted by atomic mass is 10.0. The first-order chi connectivity index (χ1) is 8.66. The molecular weight excluding hydrogens is 242 g/mol. The molecule has 0 saturated heterocycles. The highest BCUT2D eigenvalue weighted by Crippen LogP contribution is 2.17. The quantitative estimate of drug-likeness (QED) is 0.853. The third kappa shape index (κ3) is 3.34. The summed E-state index contributed by atoms with van der Waals surface area (Å²) >= 11 is 5.87. The van der Waals surface area contributed by atoms with E-state index in [1.807, 2.05) is 12.1 Å². The number of hydrogen-bond acceptors (Lipinski definition) is 1. The largest absolute Gasteiger partial charge is 0.306 e. The predicted octanol–water partition coefficient (Wildman–Crippen LogP) is 4.50. The molecule has 2 aromatic carbocycles. The summed E-state index contributed by atoms with van der Waals surface area (Å²) in [7, 11) is 0. The van der Waals surface area contributed by atoms with E-state index in [1.165, 1.54) is 16.7 Å². The number of hydrogen-bond donors (Lipinski definition) is 1. The van der Waals surface area contributed by atoms with E-state index in [0.717, 1.165) is 11.6 Å². The number of aryl methyl sites for hydroxylation is 1. The zero-order chi connectivity index (χ0) is 13.0. The van der Waals surface area contributed by atoms with Crippen LogP contribution in [0, 0.1) is 6.92 Å². The maximum atomic E-state index is 5.87. The van der Waals surface area contributed by atoms with E-state index in [4.69, 9.17) is 11.6 Å². The molecule has 2 rings (SSSR count). The van der Waals surface area contributed by atoms with Crippen LogP contribution in [-0.4, -0.2) is 0 Å². The van der Waals surface area contributed by atoms with Gasteiger partial charge in [-0.05, 0) is 42.7 Å². The van der Waals surface area contributed by atoms with E-state index in [1.54, 1.807) is 0 Å². The summed E-state index contributed by atoms with van der Waals surface area (Å²) in [5.41, 5.74) is 3.93. The minimum Gasteiger partial charge on any atom is -0.306 e. The van der Waals surface area contributed by atoms with Gasteiger partial charge in [-0.3, -0.25) is 0 Å². The SMILES string of the molecule is Cc1ccccc1C(C)NCc1ccc(Cl)cc1. The van der Waals surface area contributed by atoms with E-state index in [2.05, 4.69) is 55.6 Å². The first-order valence-electron chi connectivity index (χ1n) is 6.20. The molecule has 2 heteroatoms. The van der Waals surface area contributed by atoms with Gasteiger partial charge in [0.25, 0.3) is 0 Å². The molecule has 0 radical (unpaired) electrons. The third-order valence-electron chi connectivity index (χ3n) is 3.18. The van der Waals surface area contributed by atoms with Crippen molar-refractivity contribution in [3.8, 4) is 0 Å². The average molecular weight is 260 g/mol. The van der Waals surface area contributed by atoms with E-state index >= 15 is 0 Å². The second-order valence-electron chi connectivity index (χ2n) is 4.59. The molecule has 1 unspecified atom stereocenters. The van der Waals surface area contributed by atoms with Crippen molar-refractivity contribution in [1.82, 2.24) is 5.32 Å². The van der Waals surface area contributed by atoms with Crippen LogP contribution < -0.4 is 5.32 Å². The minimum absolute atomic E-state index is 0.349. The lowest BCUT2D eigenvalue weighted by Crippen LogP contribution is -2.18. The Morgan fingerprint density at radius 3 is 2.39 bits per heavy atom. The molecule has 0 aromatic heterocycles. The Hall–Kier alpha value is -1.31. The van der Waals surface area contributed by atoms with Crippen molar-refractivity contribution in [2.24, 2.45) is 0 Å². The molecule has 0 saturated carbocycles. The normalized spacial score (nSPS) is 12.4. The number of halogens is 1. The monoisotopic (exact) mass is 259 g/mol. The van der Waals surface area contributed by atoms with Gasteiger partial charge in [-0.25, -0.2) is 0 Å². The summed E-state index contributed by atoms with van der Waals surface area (Å²) < 4.78 is 0. The maximum absolute atomic E-state index is 5.87. The highest BCUT2D eigenvalue weighted by atomic mass is 35.5. The Morgan fingerprint density at radius 1 is 1.06 bits per heavy atom. The summed E-state index contributed by atoms with van der Waals surface area (Å²) in [6, 6.07) is 16.8. The van der Waals surface area contributed by atoms with Crippen molar-refractivity contribution in [3.63, 3.8) is 0 Å². The van der Waals surface area contributed by atoms with Crippen molar-refractivity contribution < 1.29 is 0 Å². The minimum atomic E-state index is 0.349. The van der Waals surface area contributed by atoms with Gasteiger partial charge in [0, 0.05) is 17.6 Å². The van der Waals surface area contributed by atoms with Crippen LogP contribution in [0.5, 0.6) is 0 Å². The maximum Gasteiger partial charge on any atom is 0.0406 e. The lowest BCUT2D eigenvalue weighted by Gasteiger charge is -2.16. The van der Waals surface area contributed by atoms with Crippen LogP contribution in [0.3, 0.4) is 0 Å². The topological polar surface area (TPSA) is 12.0 Å². The zero-order valence-corrected chi connectivity index (χ0v) is 11.5. The van der Waals surface area contributed by atoms with Crippen LogP contribution in [0.2, 0.25) is 5.02 Å². The van der Waals surface area contributed by atoms with Gasteiger partial charge in [-0.15, -0.1) is 0 Å². The van der Waals surface area contributed by atoms with Crippen molar-refractivity contribution in [2.45, 2.75) is 26.4 Å². The van der Waals surface area contributed by atoms with E-state index in [0.29, 0.717) is 6.04 Å². The van der Waals surface area contributed by atoms with Crippen LogP contribution in [0.4, 0.5) is 0 Å². The first kappa shape index (κ1) is 13.1. The van der Waals surface area contributed by atoms with E-state index < -0.39 is 0 Å². The molecule has 0 spiro atoms. The van der Waals surface area contributed by atoms with Crippen LogP contribution in [0.25, 0.3) is 0 Å². The molecule has 0 heterocycles. The van der Waals surface area contributed by atoms with Gasteiger partial charge >= 0.3 is 0 Å². The fourth-order valence-corrected chi connectivity index (χ4v) is 2.18. The molecule has 0 bridgehead atoms. The molecule has 0 amide bonds. The summed E-state index contributed by atoms with van der Waals surface area (Å²) in [6.07, 6.45) is 0. The number of benzene rings is 2. The van der Waals surface area contributed by atoms with E-state index in [-0.39, 0.29) is 0 Å². The highest BCUT2D eigenvalue weighted by molar-refractivity contribution is 6.30. The molecule has 1 atom stereocenters. The van der Waals surface area contributed by atoms with E-state index in [9.17, 15) is 0 Å². The van der Waals surface area contributed by atoms with Gasteiger partial charge < -0.3 is 5.32 Å². The van der Waals surface area contributed by atoms with Crippen molar-refractivity contribution in [2.75, 3.05) is 0 Å². The van der Waals surface area contributed by atoms with Crippen LogP contribution in [0.1, 0.15) is 29.7 Å². The molecule has 0 aliphatic heterocycles. The molecule has 1 nitrogen and oxygen atoms in total. The van der Waals surface area contributed by atoms with Crippen LogP contribution >= 0.6 is 11.6 Å². The van der Waals surface area contributed by atoms with Crippen molar-refractivity contribution in [3.05, 3.63) is 70.2 Å². The third-order valence-corrected chi connectivity index (χ3v) is 3.43. The van der Waals surface area contributed by atoms with Gasteiger partial charge in [0.15, 0.2) is 0 Å². The molecule has 2 aromatic rings. The fourth-order valence-electron chi connectivity index (χ4n) is 2.06. The molecule has 18 heavy (non-hydrogen) atoms. The Balaban J connectivity index is 1.98. The average Bonchev–Trinajstić information content (AvgIpc) is 2.38. The second kappa shape index (κ2) is 6.03. The van der Waals surface area contributed by atoms with Gasteiger partial charge in [0.1, 0.15) is 0 Å². The molecule has 0 fully saturated rings. The lowest BCUT2D eigenvalue weighted by molar-refractivity contribution is 0.572. The predicted molar refractivity (Wildman–Crippen MR) is 77.9 cm³/mol. The Bertz CT molecular complexity index is 505. The van der Waals surface area contributed by atoms with Crippen LogP contribution in [-0.2, 0) is 6.54 Å². The highest BCUT2D eigenvalue weighted by Gasteiger charge is 2.06. The molecule has 94 valence electrons. The Kier molecular flexibility index (Phi) is 4.40. The number of nitrogens with one attached hydrogen (secondary N) is 1. The standard InChI is InChI=1S/C16H18ClN/c1-12-5-3-4-6-16(12)13(2)18-11-14-7-9-15(17)10-8-14/h3-10,13,18H,11H2,1-2H3. The fraction of sp³-hybridized carbons (Fsp3) is 0.250. The van der Waals surface area contributed by atoms with Crippen molar-refractivity contribution in [1.29, 1.82) is 0 Å². The number of rotatable bonds is 4. The van der Waals surface area contributed by atoms with Gasteiger partial charge in [-0.2, -0.15) is 0 Å². The first-order valence-corrected chi connectivity index (χ1v) is 6.58. The summed E-state index contributed by atoms with van der Waals surface area (Å²) in [4.78, 5) is 0. The summed E-state index contributed by atoms with van der Waals surface area (Å²) in [5.74, 6) is 0. The molecular formula is C16H18ClN. The molecule has 0 aliphatic rings. The van der Waals surface area contributed by atoms with Crippen LogP contribution in [0.15, 0.2) is 48.5 Å².